The fraction of sp³-hybridized carbons (Fsp3) is 1.00. The van der Waals surface area contributed by atoms with E-state index in [9.17, 15) is 0 Å². The lowest BCUT2D eigenvalue weighted by atomic mass is 9.76. The van der Waals surface area contributed by atoms with Gasteiger partial charge in [0, 0.05) is 25.2 Å². The van der Waals surface area contributed by atoms with Gasteiger partial charge in [-0.15, -0.1) is 0 Å². The van der Waals surface area contributed by atoms with Gasteiger partial charge in [0.2, 0.25) is 0 Å². The quantitative estimate of drug-likeness (QED) is 0.818. The van der Waals surface area contributed by atoms with Crippen molar-refractivity contribution in [3.05, 3.63) is 0 Å². The Morgan fingerprint density at radius 2 is 2.06 bits per heavy atom. The number of hydrogen-bond acceptors (Lipinski definition) is 3. The van der Waals surface area contributed by atoms with Crippen molar-refractivity contribution in [1.82, 2.24) is 4.90 Å². The molecule has 2 rings (SSSR count). The Labute approximate surface area is 106 Å². The first-order valence-electron chi connectivity index (χ1n) is 7.15. The molecule has 1 saturated heterocycles. The summed E-state index contributed by atoms with van der Waals surface area (Å²) in [4.78, 5) is 2.46. The van der Waals surface area contributed by atoms with Crippen molar-refractivity contribution in [2.75, 3.05) is 20.2 Å². The maximum Gasteiger partial charge on any atom is 0.0702 e. The molecule has 0 bridgehead atoms. The molecule has 3 nitrogen and oxygen atoms in total. The van der Waals surface area contributed by atoms with Crippen LogP contribution in [-0.2, 0) is 4.74 Å². The van der Waals surface area contributed by atoms with Gasteiger partial charge in [-0.3, -0.25) is 4.90 Å². The Balaban J connectivity index is 1.90. The summed E-state index contributed by atoms with van der Waals surface area (Å²) in [6.07, 6.45) is 5.37. The molecule has 0 aromatic heterocycles. The highest BCUT2D eigenvalue weighted by Gasteiger charge is 2.35. The fourth-order valence-electron chi connectivity index (χ4n) is 3.89. The van der Waals surface area contributed by atoms with Crippen LogP contribution in [0.15, 0.2) is 0 Å². The smallest absolute Gasteiger partial charge is 0.0702 e. The molecule has 5 unspecified atom stereocenters. The third kappa shape index (κ3) is 3.21. The predicted molar refractivity (Wildman–Crippen MR) is 70.9 cm³/mol. The van der Waals surface area contributed by atoms with Gasteiger partial charge in [0.1, 0.15) is 0 Å². The van der Waals surface area contributed by atoms with Crippen LogP contribution in [0.4, 0.5) is 0 Å². The summed E-state index contributed by atoms with van der Waals surface area (Å²) in [5, 5.41) is 0. The van der Waals surface area contributed by atoms with Crippen LogP contribution in [0.5, 0.6) is 0 Å². The van der Waals surface area contributed by atoms with E-state index in [1.807, 2.05) is 0 Å². The van der Waals surface area contributed by atoms with Gasteiger partial charge < -0.3 is 10.5 Å². The summed E-state index contributed by atoms with van der Waals surface area (Å²) in [6.45, 7) is 6.68. The van der Waals surface area contributed by atoms with Crippen molar-refractivity contribution in [1.29, 1.82) is 0 Å². The van der Waals surface area contributed by atoms with E-state index in [1.165, 1.54) is 25.7 Å². The third-order valence-corrected chi connectivity index (χ3v) is 4.49. The normalized spacial score (nSPS) is 43.2. The van der Waals surface area contributed by atoms with Gasteiger partial charge in [0.25, 0.3) is 0 Å². The predicted octanol–water partition coefficient (Wildman–Crippen LogP) is 1.86. The summed E-state index contributed by atoms with van der Waals surface area (Å²) in [6, 6.07) is 0.871. The zero-order chi connectivity index (χ0) is 12.4. The van der Waals surface area contributed by atoms with E-state index in [1.54, 1.807) is 0 Å². The lowest BCUT2D eigenvalue weighted by molar-refractivity contribution is 0.0348. The largest absolute Gasteiger partial charge is 0.377 e. The van der Waals surface area contributed by atoms with Crippen LogP contribution >= 0.6 is 0 Å². The fourth-order valence-corrected chi connectivity index (χ4v) is 3.89. The summed E-state index contributed by atoms with van der Waals surface area (Å²) in [5.41, 5.74) is 6.35. The van der Waals surface area contributed by atoms with Crippen LogP contribution in [0.2, 0.25) is 0 Å². The SMILES string of the molecule is CC1CC(C)C(N(C)CC2CCCO2)C(N)C1. The van der Waals surface area contributed by atoms with Crippen LogP contribution < -0.4 is 5.73 Å². The average Bonchev–Trinajstić information content (AvgIpc) is 2.68. The van der Waals surface area contributed by atoms with Gasteiger partial charge in [0.05, 0.1) is 6.10 Å². The molecule has 0 spiro atoms. The van der Waals surface area contributed by atoms with E-state index >= 15 is 0 Å². The van der Waals surface area contributed by atoms with Crippen LogP contribution in [0.1, 0.15) is 39.5 Å². The Morgan fingerprint density at radius 3 is 2.65 bits per heavy atom. The molecular formula is C14H28N2O. The topological polar surface area (TPSA) is 38.5 Å². The Bertz CT molecular complexity index is 228. The first kappa shape index (κ1) is 13.3. The maximum absolute atomic E-state index is 6.35. The van der Waals surface area contributed by atoms with E-state index in [4.69, 9.17) is 10.5 Å². The minimum Gasteiger partial charge on any atom is -0.377 e. The van der Waals surface area contributed by atoms with Gasteiger partial charge in [-0.25, -0.2) is 0 Å². The van der Waals surface area contributed by atoms with Crippen molar-refractivity contribution in [3.8, 4) is 0 Å². The number of hydrogen-bond donors (Lipinski definition) is 1. The van der Waals surface area contributed by atoms with Gasteiger partial charge in [0.15, 0.2) is 0 Å². The molecule has 0 aromatic rings. The van der Waals surface area contributed by atoms with Crippen molar-refractivity contribution in [2.24, 2.45) is 17.6 Å². The monoisotopic (exact) mass is 240 g/mol. The van der Waals surface area contributed by atoms with Crippen molar-refractivity contribution in [2.45, 2.75) is 57.7 Å². The molecule has 17 heavy (non-hydrogen) atoms. The van der Waals surface area contributed by atoms with Crippen LogP contribution in [0.25, 0.3) is 0 Å². The highest BCUT2D eigenvalue weighted by molar-refractivity contribution is 4.92. The molecule has 1 aliphatic carbocycles. The second-order valence-electron chi connectivity index (χ2n) is 6.28. The summed E-state index contributed by atoms with van der Waals surface area (Å²) in [5.74, 6) is 1.49. The molecule has 0 amide bonds. The van der Waals surface area contributed by atoms with E-state index < -0.39 is 0 Å². The molecule has 2 N–H and O–H groups in total. The van der Waals surface area contributed by atoms with Gasteiger partial charge in [-0.2, -0.15) is 0 Å². The van der Waals surface area contributed by atoms with E-state index in [0.29, 0.717) is 24.1 Å². The number of nitrogens with two attached hydrogens (primary N) is 1. The van der Waals surface area contributed by atoms with Crippen LogP contribution in [-0.4, -0.2) is 43.3 Å². The first-order valence-corrected chi connectivity index (χ1v) is 7.15. The van der Waals surface area contributed by atoms with E-state index in [0.717, 1.165) is 19.1 Å². The second-order valence-corrected chi connectivity index (χ2v) is 6.28. The Kier molecular flexibility index (Phi) is 4.45. The minimum atomic E-state index is 0.333. The molecule has 0 aromatic carbocycles. The van der Waals surface area contributed by atoms with Crippen LogP contribution in [0, 0.1) is 11.8 Å². The van der Waals surface area contributed by atoms with Gasteiger partial charge in [-0.1, -0.05) is 13.8 Å². The summed E-state index contributed by atoms with van der Waals surface area (Å²) >= 11 is 0. The standard InChI is InChI=1S/C14H28N2O/c1-10-7-11(2)14(13(15)8-10)16(3)9-12-5-4-6-17-12/h10-14H,4-9,15H2,1-3H3. The van der Waals surface area contributed by atoms with Crippen molar-refractivity contribution < 1.29 is 4.74 Å². The molecule has 3 heteroatoms. The Morgan fingerprint density at radius 1 is 1.29 bits per heavy atom. The van der Waals surface area contributed by atoms with Crippen molar-refractivity contribution >= 4 is 0 Å². The van der Waals surface area contributed by atoms with Crippen LogP contribution in [0.3, 0.4) is 0 Å². The molecule has 2 fully saturated rings. The molecule has 2 aliphatic rings. The summed E-state index contributed by atoms with van der Waals surface area (Å²) < 4.78 is 5.72. The van der Waals surface area contributed by atoms with Crippen molar-refractivity contribution in [3.63, 3.8) is 0 Å². The summed E-state index contributed by atoms with van der Waals surface area (Å²) in [7, 11) is 2.22. The van der Waals surface area contributed by atoms with E-state index in [-0.39, 0.29) is 0 Å². The zero-order valence-corrected chi connectivity index (χ0v) is 11.6. The zero-order valence-electron chi connectivity index (χ0n) is 11.6. The lowest BCUT2D eigenvalue weighted by Crippen LogP contribution is -2.54. The molecule has 1 aliphatic heterocycles. The third-order valence-electron chi connectivity index (χ3n) is 4.49. The number of nitrogens with zero attached hydrogens (tertiary/aromatic N) is 1. The average molecular weight is 240 g/mol. The molecule has 5 atom stereocenters. The molecular weight excluding hydrogens is 212 g/mol. The highest BCUT2D eigenvalue weighted by atomic mass is 16.5. The lowest BCUT2D eigenvalue weighted by Gasteiger charge is -2.43. The maximum atomic E-state index is 6.35. The second kappa shape index (κ2) is 5.68. The molecule has 100 valence electrons. The number of likely N-dealkylation sites (N-methyl/N-ethyl adjacent to an activating group) is 1. The number of rotatable bonds is 3. The highest BCUT2D eigenvalue weighted by Crippen LogP contribution is 2.31. The van der Waals surface area contributed by atoms with Gasteiger partial charge in [-0.05, 0) is 44.6 Å². The molecule has 0 radical (unpaired) electrons. The Hall–Kier alpha value is -0.120. The number of ether oxygens (including phenoxy) is 1. The first-order chi connectivity index (χ1) is 8.08. The minimum absolute atomic E-state index is 0.333. The van der Waals surface area contributed by atoms with Gasteiger partial charge >= 0.3 is 0 Å². The molecule has 1 saturated carbocycles. The molecule has 1 heterocycles. The van der Waals surface area contributed by atoms with E-state index in [2.05, 4.69) is 25.8 Å².